The number of H-pyrrole nitrogens is 1. The van der Waals surface area contributed by atoms with E-state index in [9.17, 15) is 9.90 Å². The van der Waals surface area contributed by atoms with Gasteiger partial charge < -0.3 is 15.2 Å². The zero-order valence-electron chi connectivity index (χ0n) is 15.3. The summed E-state index contributed by atoms with van der Waals surface area (Å²) in [7, 11) is 0. The topological polar surface area (TPSA) is 87.2 Å². The van der Waals surface area contributed by atoms with Gasteiger partial charge in [-0.3, -0.25) is 9.89 Å². The van der Waals surface area contributed by atoms with E-state index in [-0.39, 0.29) is 12.5 Å². The van der Waals surface area contributed by atoms with Crippen LogP contribution in [0.25, 0.3) is 10.9 Å². The number of benzene rings is 3. The molecule has 0 bridgehead atoms. The predicted molar refractivity (Wildman–Crippen MR) is 115 cm³/mol. The minimum absolute atomic E-state index is 0.123. The Morgan fingerprint density at radius 3 is 2.62 bits per heavy atom. The summed E-state index contributed by atoms with van der Waals surface area (Å²) in [5.74, 6) is 0.367. The van der Waals surface area contributed by atoms with E-state index in [1.165, 1.54) is 0 Å². The van der Waals surface area contributed by atoms with Gasteiger partial charge in [0.15, 0.2) is 0 Å². The second-order valence-corrected chi connectivity index (χ2v) is 7.44. The Morgan fingerprint density at radius 1 is 1.10 bits per heavy atom. The number of hydrogen-bond donors (Lipinski definition) is 3. The molecule has 1 amide bonds. The van der Waals surface area contributed by atoms with E-state index in [0.29, 0.717) is 17.0 Å². The minimum atomic E-state index is -0.732. The van der Waals surface area contributed by atoms with Gasteiger partial charge in [0.05, 0.1) is 11.7 Å². The summed E-state index contributed by atoms with van der Waals surface area (Å²) < 4.78 is 6.59. The molecule has 4 rings (SSSR count). The van der Waals surface area contributed by atoms with E-state index < -0.39 is 6.10 Å². The van der Waals surface area contributed by atoms with Crippen LogP contribution in [0.5, 0.6) is 5.75 Å². The van der Waals surface area contributed by atoms with Crippen molar-refractivity contribution in [2.75, 3.05) is 11.9 Å². The van der Waals surface area contributed by atoms with Crippen LogP contribution in [-0.4, -0.2) is 27.8 Å². The summed E-state index contributed by atoms with van der Waals surface area (Å²) in [5, 5.41) is 20.9. The maximum absolute atomic E-state index is 12.5. The lowest BCUT2D eigenvalue weighted by Crippen LogP contribution is -2.12. The Kier molecular flexibility index (Phi) is 5.59. The molecule has 6 nitrogen and oxygen atoms in total. The molecular formula is C22H18BrN3O3. The Hall–Kier alpha value is -3.16. The number of aromatic amines is 1. The van der Waals surface area contributed by atoms with Gasteiger partial charge in [-0.25, -0.2) is 0 Å². The summed E-state index contributed by atoms with van der Waals surface area (Å²) in [5.41, 5.74) is 2.90. The smallest absolute Gasteiger partial charge is 0.255 e. The average molecular weight is 452 g/mol. The fourth-order valence-corrected chi connectivity index (χ4v) is 3.15. The third-order valence-corrected chi connectivity index (χ3v) is 5.01. The van der Waals surface area contributed by atoms with Gasteiger partial charge in [-0.05, 0) is 60.2 Å². The van der Waals surface area contributed by atoms with Crippen LogP contribution >= 0.6 is 15.9 Å². The van der Waals surface area contributed by atoms with Gasteiger partial charge in [0, 0.05) is 21.1 Å². The van der Waals surface area contributed by atoms with Crippen LogP contribution in [0.3, 0.4) is 0 Å². The second-order valence-electron chi connectivity index (χ2n) is 6.53. The van der Waals surface area contributed by atoms with Gasteiger partial charge in [0.1, 0.15) is 18.5 Å². The van der Waals surface area contributed by atoms with Gasteiger partial charge in [-0.1, -0.05) is 28.1 Å². The fraction of sp³-hybridized carbons (Fsp3) is 0.0909. The van der Waals surface area contributed by atoms with Gasteiger partial charge in [0.25, 0.3) is 5.91 Å². The number of nitrogens with one attached hydrogen (secondary N) is 2. The maximum Gasteiger partial charge on any atom is 0.255 e. The monoisotopic (exact) mass is 451 g/mol. The summed E-state index contributed by atoms with van der Waals surface area (Å²) in [6, 6.07) is 19.8. The molecule has 0 radical (unpaired) electrons. The molecule has 1 heterocycles. The largest absolute Gasteiger partial charge is 0.491 e. The summed E-state index contributed by atoms with van der Waals surface area (Å²) in [4.78, 5) is 12.5. The Balaban J connectivity index is 1.35. The molecule has 1 aromatic heterocycles. The van der Waals surface area contributed by atoms with Crippen LogP contribution in [0.2, 0.25) is 0 Å². The number of aromatic nitrogens is 2. The number of ether oxygens (including phenoxy) is 1. The Morgan fingerprint density at radius 2 is 1.86 bits per heavy atom. The van der Waals surface area contributed by atoms with Gasteiger partial charge >= 0.3 is 0 Å². The SMILES string of the molecule is O=C(Nc1ccc2[nH]ncc2c1)c1ccc(OCC(O)c2ccc(Br)cc2)cc1. The van der Waals surface area contributed by atoms with Crippen molar-refractivity contribution in [2.24, 2.45) is 0 Å². The highest BCUT2D eigenvalue weighted by Crippen LogP contribution is 2.21. The zero-order valence-corrected chi connectivity index (χ0v) is 16.9. The van der Waals surface area contributed by atoms with Gasteiger partial charge in [-0.15, -0.1) is 0 Å². The summed E-state index contributed by atoms with van der Waals surface area (Å²) in [6.45, 7) is 0.123. The quantitative estimate of drug-likeness (QED) is 0.396. The standard InChI is InChI=1S/C22H18BrN3O3/c23-17-5-1-14(2-6-17)21(27)13-29-19-8-3-15(4-9-19)22(28)25-18-7-10-20-16(11-18)12-24-26-20/h1-12,21,27H,13H2,(H,24,26)(H,25,28). The Labute approximate surface area is 175 Å². The molecule has 3 N–H and O–H groups in total. The Bertz CT molecular complexity index is 1120. The molecule has 4 aromatic rings. The van der Waals surface area contributed by atoms with Crippen LogP contribution < -0.4 is 10.1 Å². The first-order chi connectivity index (χ1) is 14.1. The van der Waals surface area contributed by atoms with Crippen molar-refractivity contribution in [3.05, 3.63) is 88.5 Å². The van der Waals surface area contributed by atoms with Gasteiger partial charge in [0.2, 0.25) is 0 Å². The van der Waals surface area contributed by atoms with E-state index in [0.717, 1.165) is 20.9 Å². The maximum atomic E-state index is 12.5. The highest BCUT2D eigenvalue weighted by molar-refractivity contribution is 9.10. The average Bonchev–Trinajstić information content (AvgIpc) is 3.21. The third kappa shape index (κ3) is 4.64. The van der Waals surface area contributed by atoms with Crippen molar-refractivity contribution in [1.82, 2.24) is 10.2 Å². The molecule has 0 aliphatic heterocycles. The van der Waals surface area contributed by atoms with Crippen LogP contribution in [0.1, 0.15) is 22.0 Å². The third-order valence-electron chi connectivity index (χ3n) is 4.48. The summed E-state index contributed by atoms with van der Waals surface area (Å²) >= 11 is 3.37. The van der Waals surface area contributed by atoms with Crippen LogP contribution in [0, 0.1) is 0 Å². The first-order valence-electron chi connectivity index (χ1n) is 8.99. The molecule has 1 atom stereocenters. The molecule has 3 aromatic carbocycles. The molecule has 7 heteroatoms. The molecule has 0 fully saturated rings. The first-order valence-corrected chi connectivity index (χ1v) is 9.79. The number of anilines is 1. The van der Waals surface area contributed by atoms with Gasteiger partial charge in [-0.2, -0.15) is 5.10 Å². The van der Waals surface area contributed by atoms with Crippen molar-refractivity contribution in [2.45, 2.75) is 6.10 Å². The number of aliphatic hydroxyl groups excluding tert-OH is 1. The molecule has 0 aliphatic rings. The number of carbonyl (C=O) groups excluding carboxylic acids is 1. The van der Waals surface area contributed by atoms with Crippen molar-refractivity contribution in [3.63, 3.8) is 0 Å². The molecule has 1 unspecified atom stereocenters. The van der Waals surface area contributed by atoms with Crippen molar-refractivity contribution >= 4 is 38.4 Å². The summed E-state index contributed by atoms with van der Waals surface area (Å²) in [6.07, 6.45) is 0.976. The number of hydrogen-bond acceptors (Lipinski definition) is 4. The van der Waals surface area contributed by atoms with E-state index in [4.69, 9.17) is 4.74 Å². The number of amides is 1. The highest BCUT2D eigenvalue weighted by Gasteiger charge is 2.10. The molecule has 0 spiro atoms. The lowest BCUT2D eigenvalue weighted by atomic mass is 10.1. The lowest BCUT2D eigenvalue weighted by molar-refractivity contribution is 0.102. The van der Waals surface area contributed by atoms with Crippen molar-refractivity contribution < 1.29 is 14.6 Å². The van der Waals surface area contributed by atoms with E-state index in [1.54, 1.807) is 30.5 Å². The molecule has 0 saturated heterocycles. The first kappa shape index (κ1) is 19.2. The lowest BCUT2D eigenvalue weighted by Gasteiger charge is -2.13. The van der Waals surface area contributed by atoms with Crippen LogP contribution in [0.4, 0.5) is 5.69 Å². The molecule has 0 aliphatic carbocycles. The van der Waals surface area contributed by atoms with Crippen LogP contribution in [-0.2, 0) is 0 Å². The van der Waals surface area contributed by atoms with Crippen molar-refractivity contribution in [3.8, 4) is 5.75 Å². The molecule has 146 valence electrons. The number of nitrogens with zero attached hydrogens (tertiary/aromatic N) is 1. The molecule has 0 saturated carbocycles. The highest BCUT2D eigenvalue weighted by atomic mass is 79.9. The molecule has 29 heavy (non-hydrogen) atoms. The number of rotatable bonds is 6. The number of aliphatic hydroxyl groups is 1. The number of carbonyl (C=O) groups is 1. The van der Waals surface area contributed by atoms with E-state index in [1.807, 2.05) is 42.5 Å². The van der Waals surface area contributed by atoms with Crippen LogP contribution in [0.15, 0.2) is 77.4 Å². The number of fused-ring (bicyclic) bond motifs is 1. The normalized spacial score (nSPS) is 11.9. The van der Waals surface area contributed by atoms with Crippen molar-refractivity contribution in [1.29, 1.82) is 0 Å². The molecular weight excluding hydrogens is 434 g/mol. The zero-order chi connectivity index (χ0) is 20.2. The second kappa shape index (κ2) is 8.46. The minimum Gasteiger partial charge on any atom is -0.491 e. The van der Waals surface area contributed by atoms with E-state index in [2.05, 4.69) is 31.4 Å². The predicted octanol–water partition coefficient (Wildman–Crippen LogP) is 4.69. The fourth-order valence-electron chi connectivity index (χ4n) is 2.88. The van der Waals surface area contributed by atoms with E-state index >= 15 is 0 Å². The number of halogens is 1.